The van der Waals surface area contributed by atoms with Gasteiger partial charge in [-0.2, -0.15) is 0 Å². The van der Waals surface area contributed by atoms with Crippen molar-refractivity contribution in [2.45, 2.75) is 51.6 Å². The molecule has 0 amide bonds. The van der Waals surface area contributed by atoms with Gasteiger partial charge in [0.25, 0.3) is 0 Å². The van der Waals surface area contributed by atoms with Crippen LogP contribution in [0.1, 0.15) is 27.7 Å². The first-order valence-electron chi connectivity index (χ1n) is 8.41. The topological polar surface area (TPSA) is 99.1 Å². The number of fused-ring (bicyclic) bond motifs is 3. The van der Waals surface area contributed by atoms with E-state index in [9.17, 15) is 19.5 Å². The largest absolute Gasteiger partial charge is 0.457 e. The van der Waals surface area contributed by atoms with Crippen molar-refractivity contribution in [3.8, 4) is 0 Å². The first-order valence-corrected chi connectivity index (χ1v) is 8.41. The summed E-state index contributed by atoms with van der Waals surface area (Å²) < 4.78 is 16.5. The molecule has 1 fully saturated rings. The Hall–Kier alpha value is -2.41. The molecule has 0 aromatic heterocycles. The summed E-state index contributed by atoms with van der Waals surface area (Å²) in [6, 6.07) is 0. The molecule has 0 saturated carbocycles. The Morgan fingerprint density at radius 1 is 1.27 bits per heavy atom. The monoisotopic (exact) mass is 362 g/mol. The molecule has 0 spiro atoms. The van der Waals surface area contributed by atoms with Crippen molar-refractivity contribution in [3.63, 3.8) is 0 Å². The van der Waals surface area contributed by atoms with Gasteiger partial charge in [0.1, 0.15) is 6.10 Å². The third kappa shape index (κ3) is 2.76. The number of carbonyl (C=O) groups excluding carboxylic acids is 3. The molecule has 7 heteroatoms. The molecule has 0 unspecified atom stereocenters. The zero-order valence-electron chi connectivity index (χ0n) is 15.1. The molecule has 140 valence electrons. The Labute approximate surface area is 151 Å². The van der Waals surface area contributed by atoms with E-state index in [4.69, 9.17) is 14.2 Å². The van der Waals surface area contributed by atoms with Crippen LogP contribution in [0.3, 0.4) is 0 Å². The molecule has 6 atom stereocenters. The predicted octanol–water partition coefficient (Wildman–Crippen LogP) is 1.21. The van der Waals surface area contributed by atoms with Crippen molar-refractivity contribution in [1.82, 2.24) is 0 Å². The maximum absolute atomic E-state index is 12.2. The smallest absolute Gasteiger partial charge is 0.334 e. The van der Waals surface area contributed by atoms with Gasteiger partial charge in [-0.1, -0.05) is 18.7 Å². The maximum atomic E-state index is 12.2. The number of aliphatic hydroxyl groups is 1. The highest BCUT2D eigenvalue weighted by Crippen LogP contribution is 2.50. The molecule has 7 nitrogen and oxygen atoms in total. The number of ether oxygens (including phenoxy) is 3. The fourth-order valence-corrected chi connectivity index (χ4v) is 4.19. The number of hydrogen-bond donors (Lipinski definition) is 1. The highest BCUT2D eigenvalue weighted by Gasteiger charge is 2.59. The second-order valence-corrected chi connectivity index (χ2v) is 7.20. The molecule has 1 N–H and O–H groups in total. The summed E-state index contributed by atoms with van der Waals surface area (Å²) in [5.74, 6) is -3.05. The number of carbonyl (C=O) groups is 3. The first-order chi connectivity index (χ1) is 12.0. The molecule has 3 aliphatic rings. The van der Waals surface area contributed by atoms with Crippen LogP contribution in [0.5, 0.6) is 0 Å². The van der Waals surface area contributed by atoms with Gasteiger partial charge in [0.05, 0.1) is 17.4 Å². The lowest BCUT2D eigenvalue weighted by atomic mass is 9.78. The molecular formula is C19H22O7. The van der Waals surface area contributed by atoms with Gasteiger partial charge in [-0.15, -0.1) is 0 Å². The summed E-state index contributed by atoms with van der Waals surface area (Å²) in [5.41, 5.74) is 0.211. The Morgan fingerprint density at radius 3 is 2.46 bits per heavy atom. The van der Waals surface area contributed by atoms with Crippen LogP contribution in [0.15, 0.2) is 35.5 Å². The van der Waals surface area contributed by atoms with Crippen LogP contribution in [0.4, 0.5) is 0 Å². The molecule has 1 aliphatic heterocycles. The van der Waals surface area contributed by atoms with Crippen LogP contribution in [-0.2, 0) is 28.6 Å². The van der Waals surface area contributed by atoms with Crippen molar-refractivity contribution in [1.29, 1.82) is 0 Å². The zero-order chi connectivity index (χ0) is 19.4. The van der Waals surface area contributed by atoms with Crippen molar-refractivity contribution in [3.05, 3.63) is 35.5 Å². The first kappa shape index (κ1) is 18.4. The van der Waals surface area contributed by atoms with E-state index in [1.54, 1.807) is 26.0 Å². The Balaban J connectivity index is 2.20. The minimum atomic E-state index is -1.27. The minimum Gasteiger partial charge on any atom is -0.457 e. The quantitative estimate of drug-likeness (QED) is 0.448. The van der Waals surface area contributed by atoms with Gasteiger partial charge in [-0.25, -0.2) is 4.79 Å². The number of allylic oxidation sites excluding steroid dienone is 1. The summed E-state index contributed by atoms with van der Waals surface area (Å²) in [6.07, 6.45) is 0.698. The molecule has 26 heavy (non-hydrogen) atoms. The Bertz CT molecular complexity index is 758. The van der Waals surface area contributed by atoms with Crippen LogP contribution in [0, 0.1) is 11.8 Å². The van der Waals surface area contributed by atoms with Crippen LogP contribution < -0.4 is 0 Å². The summed E-state index contributed by atoms with van der Waals surface area (Å²) in [4.78, 5) is 35.6. The van der Waals surface area contributed by atoms with E-state index in [2.05, 4.69) is 6.58 Å². The van der Waals surface area contributed by atoms with E-state index < -0.39 is 53.7 Å². The van der Waals surface area contributed by atoms with Crippen molar-refractivity contribution < 1.29 is 33.7 Å². The van der Waals surface area contributed by atoms with Crippen molar-refractivity contribution >= 4 is 17.9 Å². The minimum absolute atomic E-state index is 0.134. The predicted molar refractivity (Wildman–Crippen MR) is 89.6 cm³/mol. The van der Waals surface area contributed by atoms with Crippen molar-refractivity contribution in [2.24, 2.45) is 11.8 Å². The van der Waals surface area contributed by atoms with Crippen LogP contribution in [0.2, 0.25) is 0 Å². The van der Waals surface area contributed by atoms with Gasteiger partial charge < -0.3 is 19.3 Å². The molecule has 1 saturated heterocycles. The second kappa shape index (κ2) is 6.09. The third-order valence-electron chi connectivity index (χ3n) is 5.28. The van der Waals surface area contributed by atoms with Gasteiger partial charge in [-0.3, -0.25) is 9.59 Å². The molecule has 0 radical (unpaired) electrons. The number of hydrogen-bond acceptors (Lipinski definition) is 7. The molecule has 0 aromatic carbocycles. The average molecular weight is 362 g/mol. The Morgan fingerprint density at radius 2 is 1.88 bits per heavy atom. The lowest BCUT2D eigenvalue weighted by Crippen LogP contribution is -2.46. The Kier molecular flexibility index (Phi) is 4.30. The zero-order valence-corrected chi connectivity index (χ0v) is 15.1. The van der Waals surface area contributed by atoms with E-state index in [1.165, 1.54) is 13.8 Å². The van der Waals surface area contributed by atoms with E-state index in [0.29, 0.717) is 11.1 Å². The van der Waals surface area contributed by atoms with E-state index >= 15 is 0 Å². The summed E-state index contributed by atoms with van der Waals surface area (Å²) in [6.45, 7) is 9.66. The highest BCUT2D eigenvalue weighted by molar-refractivity contribution is 5.91. The maximum Gasteiger partial charge on any atom is 0.334 e. The van der Waals surface area contributed by atoms with Crippen LogP contribution >= 0.6 is 0 Å². The van der Waals surface area contributed by atoms with Crippen LogP contribution in [0.25, 0.3) is 0 Å². The number of esters is 3. The molecular weight excluding hydrogens is 340 g/mol. The molecule has 1 heterocycles. The summed E-state index contributed by atoms with van der Waals surface area (Å²) in [5, 5.41) is 10.8. The fourth-order valence-electron chi connectivity index (χ4n) is 4.19. The SMILES string of the molecule is C=C1C(=O)O[C@H]2[C@H]1[C@@H](OC(C)=O)[C@@H](OC(C)=O)C(C)=C1C=C[C@](C)(O)[C@@H]12. The number of rotatable bonds is 2. The summed E-state index contributed by atoms with van der Waals surface area (Å²) >= 11 is 0. The van der Waals surface area contributed by atoms with Gasteiger partial charge in [0, 0.05) is 19.4 Å². The standard InChI is InChI=1S/C19H22O7/c1-8-12-6-7-19(5,23)14(12)16-13(9(2)18(22)26-16)17(25-11(4)21)15(8)24-10(3)20/h6-7,13-17,23H,2H2,1,3-5H3/t13-,14-,15-,16-,17+,19-/m0/s1. The van der Waals surface area contributed by atoms with Crippen molar-refractivity contribution in [2.75, 3.05) is 0 Å². The summed E-state index contributed by atoms with van der Waals surface area (Å²) in [7, 11) is 0. The molecule has 0 aromatic rings. The molecule has 3 rings (SSSR count). The second-order valence-electron chi connectivity index (χ2n) is 7.20. The third-order valence-corrected chi connectivity index (χ3v) is 5.28. The highest BCUT2D eigenvalue weighted by atomic mass is 16.6. The van der Waals surface area contributed by atoms with Crippen LogP contribution in [-0.4, -0.2) is 46.9 Å². The fraction of sp³-hybridized carbons (Fsp3) is 0.526. The normalized spacial score (nSPS) is 38.4. The molecule has 0 bridgehead atoms. The van der Waals surface area contributed by atoms with Gasteiger partial charge in [0.2, 0.25) is 0 Å². The lowest BCUT2D eigenvalue weighted by Gasteiger charge is -2.34. The van der Waals surface area contributed by atoms with Gasteiger partial charge in [-0.05, 0) is 25.0 Å². The average Bonchev–Trinajstić information content (AvgIpc) is 2.95. The van der Waals surface area contributed by atoms with Gasteiger partial charge >= 0.3 is 17.9 Å². The van der Waals surface area contributed by atoms with E-state index in [-0.39, 0.29) is 5.57 Å². The van der Waals surface area contributed by atoms with E-state index in [1.807, 2.05) is 0 Å². The molecule has 2 aliphatic carbocycles. The lowest BCUT2D eigenvalue weighted by molar-refractivity contribution is -0.168. The van der Waals surface area contributed by atoms with Gasteiger partial charge in [0.15, 0.2) is 12.2 Å². The van der Waals surface area contributed by atoms with E-state index in [0.717, 1.165) is 0 Å².